The molecule has 3 rings (SSSR count). The predicted octanol–water partition coefficient (Wildman–Crippen LogP) is 5.40. The van der Waals surface area contributed by atoms with Gasteiger partial charge >= 0.3 is 0 Å². The molecule has 96 valence electrons. The largest absolute Gasteiger partial charge is 0.380 e. The molecular formula is C16H15NS2. The molecule has 0 fully saturated rings. The van der Waals surface area contributed by atoms with E-state index in [1.165, 1.54) is 26.6 Å². The molecular weight excluding hydrogens is 270 g/mol. The molecule has 0 spiro atoms. The van der Waals surface area contributed by atoms with E-state index in [0.29, 0.717) is 0 Å². The summed E-state index contributed by atoms with van der Waals surface area (Å²) in [6.45, 7) is 3.00. The van der Waals surface area contributed by atoms with Crippen molar-refractivity contribution in [2.45, 2.75) is 13.5 Å². The van der Waals surface area contributed by atoms with Gasteiger partial charge in [0.05, 0.1) is 0 Å². The van der Waals surface area contributed by atoms with E-state index in [0.717, 1.165) is 6.54 Å². The first-order valence-electron chi connectivity index (χ1n) is 6.23. The summed E-state index contributed by atoms with van der Waals surface area (Å²) in [6, 6.07) is 15.1. The lowest BCUT2D eigenvalue weighted by Gasteiger charge is -2.04. The van der Waals surface area contributed by atoms with Gasteiger partial charge < -0.3 is 5.32 Å². The summed E-state index contributed by atoms with van der Waals surface area (Å²) in [6.07, 6.45) is 0. The number of thiophene rings is 2. The molecule has 0 unspecified atom stereocenters. The third kappa shape index (κ3) is 3.06. The Bertz CT molecular complexity index is 636. The Morgan fingerprint density at radius 3 is 2.63 bits per heavy atom. The third-order valence-corrected chi connectivity index (χ3v) is 4.83. The molecule has 0 saturated heterocycles. The number of aryl methyl sites for hydroxylation is 1. The topological polar surface area (TPSA) is 12.0 Å². The summed E-state index contributed by atoms with van der Waals surface area (Å²) < 4.78 is 0. The second-order valence-electron chi connectivity index (χ2n) is 4.50. The lowest BCUT2D eigenvalue weighted by molar-refractivity contribution is 1.19. The van der Waals surface area contributed by atoms with Crippen LogP contribution in [0.1, 0.15) is 10.4 Å². The molecule has 3 aromatic rings. The van der Waals surface area contributed by atoms with Crippen molar-refractivity contribution in [2.75, 3.05) is 5.32 Å². The SMILES string of the molecule is Cc1ccc(NCc2cc(-c3cccs3)cs2)cc1. The molecule has 2 heterocycles. The number of anilines is 1. The van der Waals surface area contributed by atoms with Gasteiger partial charge in [-0.25, -0.2) is 0 Å². The fraction of sp³-hybridized carbons (Fsp3) is 0.125. The summed E-state index contributed by atoms with van der Waals surface area (Å²) in [5.74, 6) is 0. The van der Waals surface area contributed by atoms with Crippen molar-refractivity contribution >= 4 is 28.4 Å². The average Bonchev–Trinajstić information content (AvgIpc) is 3.09. The predicted molar refractivity (Wildman–Crippen MR) is 86.1 cm³/mol. The number of hydrogen-bond acceptors (Lipinski definition) is 3. The number of benzene rings is 1. The summed E-state index contributed by atoms with van der Waals surface area (Å²) in [5, 5.41) is 7.82. The van der Waals surface area contributed by atoms with E-state index in [1.807, 2.05) is 11.3 Å². The van der Waals surface area contributed by atoms with E-state index in [-0.39, 0.29) is 0 Å². The van der Waals surface area contributed by atoms with Crippen molar-refractivity contribution in [3.63, 3.8) is 0 Å². The van der Waals surface area contributed by atoms with Gasteiger partial charge in [-0.15, -0.1) is 22.7 Å². The van der Waals surface area contributed by atoms with Gasteiger partial charge in [0.1, 0.15) is 0 Å². The summed E-state index contributed by atoms with van der Waals surface area (Å²) in [4.78, 5) is 2.71. The van der Waals surface area contributed by atoms with Gasteiger partial charge in [0.25, 0.3) is 0 Å². The van der Waals surface area contributed by atoms with Crippen molar-refractivity contribution in [3.8, 4) is 10.4 Å². The Hall–Kier alpha value is -1.58. The molecule has 0 saturated carbocycles. The highest BCUT2D eigenvalue weighted by molar-refractivity contribution is 7.14. The van der Waals surface area contributed by atoms with Gasteiger partial charge in [-0.3, -0.25) is 0 Å². The van der Waals surface area contributed by atoms with E-state index >= 15 is 0 Å². The molecule has 0 radical (unpaired) electrons. The first-order valence-corrected chi connectivity index (χ1v) is 7.99. The van der Waals surface area contributed by atoms with Crippen molar-refractivity contribution in [1.29, 1.82) is 0 Å². The average molecular weight is 285 g/mol. The number of nitrogens with one attached hydrogen (secondary N) is 1. The smallest absolute Gasteiger partial charge is 0.0494 e. The molecule has 1 N–H and O–H groups in total. The molecule has 2 aromatic heterocycles. The van der Waals surface area contributed by atoms with E-state index in [9.17, 15) is 0 Å². The number of hydrogen-bond donors (Lipinski definition) is 1. The van der Waals surface area contributed by atoms with Crippen LogP contribution in [0.2, 0.25) is 0 Å². The Balaban J connectivity index is 1.66. The molecule has 0 aliphatic carbocycles. The lowest BCUT2D eigenvalue weighted by Crippen LogP contribution is -1.96. The van der Waals surface area contributed by atoms with Crippen molar-refractivity contribution in [3.05, 3.63) is 63.7 Å². The fourth-order valence-corrected chi connectivity index (χ4v) is 3.52. The van der Waals surface area contributed by atoms with Gasteiger partial charge in [-0.2, -0.15) is 0 Å². The van der Waals surface area contributed by atoms with Crippen LogP contribution in [0.15, 0.2) is 53.2 Å². The Morgan fingerprint density at radius 1 is 1.05 bits per heavy atom. The van der Waals surface area contributed by atoms with Crippen molar-refractivity contribution in [1.82, 2.24) is 0 Å². The highest BCUT2D eigenvalue weighted by Gasteiger charge is 2.03. The molecule has 19 heavy (non-hydrogen) atoms. The van der Waals surface area contributed by atoms with Crippen LogP contribution in [0.5, 0.6) is 0 Å². The van der Waals surface area contributed by atoms with Crippen LogP contribution in [0.4, 0.5) is 5.69 Å². The highest BCUT2D eigenvalue weighted by atomic mass is 32.1. The Labute approximate surface area is 121 Å². The minimum Gasteiger partial charge on any atom is -0.380 e. The Kier molecular flexibility index (Phi) is 3.67. The monoisotopic (exact) mass is 285 g/mol. The molecule has 0 amide bonds. The fourth-order valence-electron chi connectivity index (χ4n) is 1.91. The van der Waals surface area contributed by atoms with Gasteiger partial charge in [0.2, 0.25) is 0 Å². The van der Waals surface area contributed by atoms with Crippen molar-refractivity contribution < 1.29 is 0 Å². The molecule has 0 atom stereocenters. The molecule has 1 nitrogen and oxygen atoms in total. The van der Waals surface area contributed by atoms with E-state index in [2.05, 4.69) is 65.5 Å². The second-order valence-corrected chi connectivity index (χ2v) is 6.44. The van der Waals surface area contributed by atoms with Gasteiger partial charge in [0, 0.05) is 27.5 Å². The molecule has 3 heteroatoms. The minimum atomic E-state index is 0.888. The quantitative estimate of drug-likeness (QED) is 0.677. The van der Waals surface area contributed by atoms with Crippen LogP contribution in [0, 0.1) is 6.92 Å². The molecule has 0 aliphatic heterocycles. The second kappa shape index (κ2) is 5.59. The number of rotatable bonds is 4. The van der Waals surface area contributed by atoms with Crippen LogP contribution >= 0.6 is 22.7 Å². The van der Waals surface area contributed by atoms with Crippen molar-refractivity contribution in [2.24, 2.45) is 0 Å². The zero-order valence-corrected chi connectivity index (χ0v) is 12.4. The molecule has 0 aliphatic rings. The van der Waals surface area contributed by atoms with Gasteiger partial charge in [-0.05, 0) is 41.9 Å². The van der Waals surface area contributed by atoms with E-state index < -0.39 is 0 Å². The minimum absolute atomic E-state index is 0.888. The summed E-state index contributed by atoms with van der Waals surface area (Å²) in [5.41, 5.74) is 3.80. The van der Waals surface area contributed by atoms with Crippen LogP contribution < -0.4 is 5.32 Å². The summed E-state index contributed by atoms with van der Waals surface area (Å²) in [7, 11) is 0. The summed E-state index contributed by atoms with van der Waals surface area (Å²) >= 11 is 3.61. The molecule has 1 aromatic carbocycles. The maximum Gasteiger partial charge on any atom is 0.0494 e. The lowest BCUT2D eigenvalue weighted by atomic mass is 10.2. The first kappa shape index (κ1) is 12.5. The third-order valence-electron chi connectivity index (χ3n) is 2.98. The zero-order chi connectivity index (χ0) is 13.1. The van der Waals surface area contributed by atoms with Crippen LogP contribution in [0.3, 0.4) is 0 Å². The van der Waals surface area contributed by atoms with E-state index in [4.69, 9.17) is 0 Å². The van der Waals surface area contributed by atoms with Gasteiger partial charge in [-0.1, -0.05) is 23.8 Å². The van der Waals surface area contributed by atoms with Crippen LogP contribution in [0.25, 0.3) is 10.4 Å². The maximum absolute atomic E-state index is 3.46. The van der Waals surface area contributed by atoms with Crippen LogP contribution in [-0.4, -0.2) is 0 Å². The van der Waals surface area contributed by atoms with Crippen LogP contribution in [-0.2, 0) is 6.54 Å². The zero-order valence-electron chi connectivity index (χ0n) is 10.7. The maximum atomic E-state index is 3.46. The molecule has 0 bridgehead atoms. The Morgan fingerprint density at radius 2 is 1.89 bits per heavy atom. The highest BCUT2D eigenvalue weighted by Crippen LogP contribution is 2.29. The standard InChI is InChI=1S/C16H15NS2/c1-12-4-6-14(7-5-12)17-10-15-9-13(11-19-15)16-3-2-8-18-16/h2-9,11,17H,10H2,1H3. The normalized spacial score (nSPS) is 10.6. The van der Waals surface area contributed by atoms with Gasteiger partial charge in [0.15, 0.2) is 0 Å². The van der Waals surface area contributed by atoms with E-state index in [1.54, 1.807) is 11.3 Å². The first-order chi connectivity index (χ1) is 9.31.